The number of hydrogen-bond acceptors (Lipinski definition) is 4. The maximum atomic E-state index is 14.7. The van der Waals surface area contributed by atoms with E-state index in [4.69, 9.17) is 16.3 Å². The molecule has 3 rings (SSSR count). The second-order valence-electron chi connectivity index (χ2n) is 6.34. The molecule has 0 N–H and O–H groups in total. The van der Waals surface area contributed by atoms with Crippen molar-refractivity contribution in [2.75, 3.05) is 0 Å². The first kappa shape index (κ1) is 21.5. The van der Waals surface area contributed by atoms with E-state index < -0.39 is 17.7 Å². The van der Waals surface area contributed by atoms with Crippen molar-refractivity contribution in [3.63, 3.8) is 0 Å². The summed E-state index contributed by atoms with van der Waals surface area (Å²) in [6.45, 7) is 3.35. The van der Waals surface area contributed by atoms with Crippen LogP contribution in [0.25, 0.3) is 11.4 Å². The van der Waals surface area contributed by atoms with E-state index in [1.54, 1.807) is 19.9 Å². The predicted molar refractivity (Wildman–Crippen MR) is 102 cm³/mol. The molecule has 1 aromatic carbocycles. The molecule has 5 nitrogen and oxygen atoms in total. The van der Waals surface area contributed by atoms with Gasteiger partial charge in [0, 0.05) is 18.4 Å². The van der Waals surface area contributed by atoms with Gasteiger partial charge in [0.2, 0.25) is 11.2 Å². The number of aromatic nitrogens is 4. The first-order valence-electron chi connectivity index (χ1n) is 8.32. The Morgan fingerprint density at radius 2 is 1.97 bits per heavy atom. The molecule has 0 aliphatic rings. The lowest BCUT2D eigenvalue weighted by atomic mass is 10.1. The first-order valence-corrected chi connectivity index (χ1v) is 9.49. The van der Waals surface area contributed by atoms with Crippen LogP contribution in [-0.2, 0) is 12.8 Å². The van der Waals surface area contributed by atoms with Crippen molar-refractivity contribution in [3.8, 4) is 17.3 Å². The molecule has 0 aliphatic carbocycles. The Morgan fingerprint density at radius 3 is 2.59 bits per heavy atom. The highest BCUT2D eigenvalue weighted by molar-refractivity contribution is 9.10. The van der Waals surface area contributed by atoms with E-state index in [1.165, 1.54) is 22.9 Å². The van der Waals surface area contributed by atoms with Crippen molar-refractivity contribution in [1.29, 1.82) is 0 Å². The number of rotatable bonds is 5. The maximum absolute atomic E-state index is 14.7. The fourth-order valence-electron chi connectivity index (χ4n) is 2.54. The van der Waals surface area contributed by atoms with E-state index in [2.05, 4.69) is 30.9 Å². The molecule has 0 saturated heterocycles. The number of benzene rings is 1. The Kier molecular flexibility index (Phi) is 6.13. The normalized spacial score (nSPS) is 11.9. The highest BCUT2D eigenvalue weighted by Gasteiger charge is 2.35. The van der Waals surface area contributed by atoms with Crippen LogP contribution in [0.2, 0.25) is 5.28 Å². The molecule has 0 unspecified atom stereocenters. The Balaban J connectivity index is 1.88. The monoisotopic (exact) mass is 492 g/mol. The number of nitrogens with zero attached hydrogens (tertiary/aromatic N) is 4. The van der Waals surface area contributed by atoms with E-state index in [9.17, 15) is 17.6 Å². The van der Waals surface area contributed by atoms with Gasteiger partial charge in [0.05, 0.1) is 10.0 Å². The maximum Gasteiger partial charge on any atom is 0.434 e. The molecule has 0 amide bonds. The van der Waals surface area contributed by atoms with Gasteiger partial charge >= 0.3 is 6.18 Å². The third kappa shape index (κ3) is 4.87. The van der Waals surface area contributed by atoms with Crippen LogP contribution in [0, 0.1) is 5.82 Å². The minimum atomic E-state index is -4.62. The van der Waals surface area contributed by atoms with Crippen molar-refractivity contribution >= 4 is 27.5 Å². The molecule has 0 atom stereocenters. The highest BCUT2D eigenvalue weighted by Crippen LogP contribution is 2.33. The Hall–Kier alpha value is -2.20. The lowest BCUT2D eigenvalue weighted by Gasteiger charge is -2.13. The van der Waals surface area contributed by atoms with Crippen LogP contribution in [0.3, 0.4) is 0 Å². The summed E-state index contributed by atoms with van der Waals surface area (Å²) < 4.78 is 61.1. The molecule has 3 aromatic rings. The third-order valence-electron chi connectivity index (χ3n) is 3.91. The van der Waals surface area contributed by atoms with Gasteiger partial charge in [0.1, 0.15) is 18.2 Å². The molecule has 0 spiro atoms. The van der Waals surface area contributed by atoms with Crippen LogP contribution < -0.4 is 4.74 Å². The number of halogens is 6. The molecule has 0 fully saturated rings. The Morgan fingerprint density at radius 1 is 1.24 bits per heavy atom. The predicted octanol–water partition coefficient (Wildman–Crippen LogP) is 6.07. The van der Waals surface area contributed by atoms with Crippen molar-refractivity contribution in [2.24, 2.45) is 0 Å². The molecular weight excluding hydrogens is 480 g/mol. The molecular formula is C18H14BrClF4N4O. The molecule has 0 aliphatic heterocycles. The SMILES string of the molecule is CC(C)n1cc(C(F)(F)F)nc1-c1ccc(COc2nc(Cl)ncc2Br)cc1F. The zero-order valence-corrected chi connectivity index (χ0v) is 17.5. The van der Waals surface area contributed by atoms with E-state index in [0.717, 1.165) is 6.20 Å². The summed E-state index contributed by atoms with van der Waals surface area (Å²) in [5.41, 5.74) is -0.658. The average Bonchev–Trinajstić information content (AvgIpc) is 3.08. The minimum Gasteiger partial charge on any atom is -0.472 e. The molecule has 0 bridgehead atoms. The lowest BCUT2D eigenvalue weighted by Crippen LogP contribution is -2.05. The van der Waals surface area contributed by atoms with E-state index >= 15 is 0 Å². The second kappa shape index (κ2) is 8.27. The standard InChI is InChI=1S/C18H14BrClF4N4O/c1-9(2)28-7-14(18(22,23)24)26-15(28)11-4-3-10(5-13(11)21)8-29-16-12(19)6-25-17(20)27-16/h3-7,9H,8H2,1-2H3. The zero-order valence-electron chi connectivity index (χ0n) is 15.1. The van der Waals surface area contributed by atoms with Crippen molar-refractivity contribution in [3.05, 3.63) is 57.4 Å². The summed E-state index contributed by atoms with van der Waals surface area (Å²) in [5, 5.41) is -0.00859. The van der Waals surface area contributed by atoms with Crippen LogP contribution in [-0.4, -0.2) is 19.5 Å². The van der Waals surface area contributed by atoms with Crippen molar-refractivity contribution < 1.29 is 22.3 Å². The van der Waals surface area contributed by atoms with Gasteiger partial charge < -0.3 is 9.30 Å². The fourth-order valence-corrected chi connectivity index (χ4v) is 2.97. The van der Waals surface area contributed by atoms with E-state index in [1.807, 2.05) is 0 Å². The lowest BCUT2D eigenvalue weighted by molar-refractivity contribution is -0.140. The number of imidazole rings is 1. The smallest absolute Gasteiger partial charge is 0.434 e. The van der Waals surface area contributed by atoms with Crippen molar-refractivity contribution in [1.82, 2.24) is 19.5 Å². The topological polar surface area (TPSA) is 52.8 Å². The quantitative estimate of drug-likeness (QED) is 0.320. The molecule has 0 saturated carbocycles. The van der Waals surface area contributed by atoms with Gasteiger partial charge in [-0.25, -0.2) is 14.4 Å². The van der Waals surface area contributed by atoms with Crippen LogP contribution in [0.4, 0.5) is 17.6 Å². The number of ether oxygens (including phenoxy) is 1. The Bertz CT molecular complexity index is 1040. The zero-order chi connectivity index (χ0) is 21.3. The average molecular weight is 494 g/mol. The first-order chi connectivity index (χ1) is 13.6. The molecule has 154 valence electrons. The number of alkyl halides is 3. The molecule has 2 aromatic heterocycles. The largest absolute Gasteiger partial charge is 0.472 e. The summed E-state index contributed by atoms with van der Waals surface area (Å²) in [4.78, 5) is 11.3. The summed E-state index contributed by atoms with van der Waals surface area (Å²) in [6, 6.07) is 3.76. The van der Waals surface area contributed by atoms with E-state index in [-0.39, 0.29) is 35.2 Å². The molecule has 11 heteroatoms. The van der Waals surface area contributed by atoms with Gasteiger partial charge in [0.25, 0.3) is 0 Å². The molecule has 29 heavy (non-hydrogen) atoms. The summed E-state index contributed by atoms with van der Waals surface area (Å²) in [5.74, 6) is -0.630. The van der Waals surface area contributed by atoms with Gasteiger partial charge in [-0.15, -0.1) is 0 Å². The van der Waals surface area contributed by atoms with Gasteiger partial charge in [-0.1, -0.05) is 6.07 Å². The number of hydrogen-bond donors (Lipinski definition) is 0. The van der Waals surface area contributed by atoms with Gasteiger partial charge in [0.15, 0.2) is 5.69 Å². The van der Waals surface area contributed by atoms with Crippen LogP contribution in [0.1, 0.15) is 31.1 Å². The highest BCUT2D eigenvalue weighted by atomic mass is 79.9. The second-order valence-corrected chi connectivity index (χ2v) is 7.54. The van der Waals surface area contributed by atoms with Crippen LogP contribution >= 0.6 is 27.5 Å². The van der Waals surface area contributed by atoms with E-state index in [0.29, 0.717) is 10.0 Å². The van der Waals surface area contributed by atoms with Crippen LogP contribution in [0.15, 0.2) is 35.1 Å². The van der Waals surface area contributed by atoms with Gasteiger partial charge in [-0.2, -0.15) is 18.2 Å². The third-order valence-corrected chi connectivity index (χ3v) is 4.64. The summed E-state index contributed by atoms with van der Waals surface area (Å²) in [6.07, 6.45) is -2.32. The molecule has 2 heterocycles. The summed E-state index contributed by atoms with van der Waals surface area (Å²) in [7, 11) is 0. The summed E-state index contributed by atoms with van der Waals surface area (Å²) >= 11 is 8.93. The molecule has 0 radical (unpaired) electrons. The van der Waals surface area contributed by atoms with Crippen molar-refractivity contribution in [2.45, 2.75) is 32.7 Å². The minimum absolute atomic E-state index is 0.00859. The van der Waals surface area contributed by atoms with Gasteiger partial charge in [-0.05, 0) is 59.1 Å². The Labute approximate surface area is 176 Å². The van der Waals surface area contributed by atoms with Gasteiger partial charge in [-0.3, -0.25) is 0 Å². The van der Waals surface area contributed by atoms with Crippen LogP contribution in [0.5, 0.6) is 5.88 Å². The fraction of sp³-hybridized carbons (Fsp3) is 0.278.